The summed E-state index contributed by atoms with van der Waals surface area (Å²) >= 11 is 5.21. The van der Waals surface area contributed by atoms with E-state index >= 15 is 0 Å². The van der Waals surface area contributed by atoms with Crippen molar-refractivity contribution in [3.8, 4) is 0 Å². The normalized spacial score (nSPS) is 11.0. The van der Waals surface area contributed by atoms with Gasteiger partial charge in [-0.2, -0.15) is 5.10 Å². The van der Waals surface area contributed by atoms with Gasteiger partial charge >= 0.3 is 5.97 Å². The lowest BCUT2D eigenvalue weighted by molar-refractivity contribution is 0.0527. The Morgan fingerprint density at radius 3 is 2.68 bits per heavy atom. The van der Waals surface area contributed by atoms with Crippen LogP contribution in [0.1, 0.15) is 38.1 Å². The van der Waals surface area contributed by atoms with Gasteiger partial charge in [0.1, 0.15) is 11.4 Å². The number of aryl methyl sites for hydroxylation is 1. The van der Waals surface area contributed by atoms with Crippen LogP contribution in [0.3, 0.4) is 0 Å². The Bertz CT molecular complexity index is 477. The molecule has 0 aliphatic heterocycles. The molecule has 0 fully saturated rings. The van der Waals surface area contributed by atoms with Crippen molar-refractivity contribution in [1.82, 2.24) is 15.1 Å². The monoisotopic (exact) mass is 284 g/mol. The Morgan fingerprint density at radius 2 is 2.16 bits per heavy atom. The number of thiocarbonyl (C=S) groups is 1. The number of hydrogen-bond donors (Lipinski definition) is 2. The molecule has 0 aromatic carbocycles. The average Bonchev–Trinajstić information content (AvgIpc) is 2.58. The molecule has 6 nitrogen and oxygen atoms in total. The molecular formula is C12H20N4O2S. The number of nitrogens with one attached hydrogen (secondary N) is 2. The van der Waals surface area contributed by atoms with Crippen LogP contribution >= 0.6 is 12.2 Å². The second kappa shape index (κ2) is 6.01. The fourth-order valence-corrected chi connectivity index (χ4v) is 1.83. The summed E-state index contributed by atoms with van der Waals surface area (Å²) in [6.45, 7) is 8.06. The summed E-state index contributed by atoms with van der Waals surface area (Å²) in [5.74, 6) is 0.0943. The second-order valence-corrected chi connectivity index (χ2v) is 5.49. The first-order valence-electron chi connectivity index (χ1n) is 6.03. The van der Waals surface area contributed by atoms with E-state index in [4.69, 9.17) is 17.0 Å². The van der Waals surface area contributed by atoms with Crippen LogP contribution in [-0.2, 0) is 11.8 Å². The molecule has 0 saturated heterocycles. The maximum absolute atomic E-state index is 11.8. The molecule has 0 aliphatic rings. The Hall–Kier alpha value is -1.63. The summed E-state index contributed by atoms with van der Waals surface area (Å²) in [5.41, 5.74) is 0.203. The zero-order valence-corrected chi connectivity index (χ0v) is 12.7. The standard InChI is InChI=1S/C12H20N4O2S/c1-6-18-10(17)8-7-13-16(5)9(8)14-11(19)15-12(2,3)4/h7H,6H2,1-5H3,(H2,14,15,19). The number of hydrogen-bond acceptors (Lipinski definition) is 4. The molecule has 0 radical (unpaired) electrons. The van der Waals surface area contributed by atoms with E-state index in [2.05, 4.69) is 15.7 Å². The molecule has 0 saturated carbocycles. The van der Waals surface area contributed by atoms with Crippen LogP contribution in [0.5, 0.6) is 0 Å². The van der Waals surface area contributed by atoms with Crippen molar-refractivity contribution in [3.05, 3.63) is 11.8 Å². The molecule has 7 heteroatoms. The van der Waals surface area contributed by atoms with Crippen LogP contribution in [0.2, 0.25) is 0 Å². The van der Waals surface area contributed by atoms with Crippen molar-refractivity contribution < 1.29 is 9.53 Å². The molecule has 2 N–H and O–H groups in total. The smallest absolute Gasteiger partial charge is 0.343 e. The molecule has 1 heterocycles. The van der Waals surface area contributed by atoms with E-state index in [0.29, 0.717) is 23.1 Å². The van der Waals surface area contributed by atoms with Crippen molar-refractivity contribution in [3.63, 3.8) is 0 Å². The van der Waals surface area contributed by atoms with Gasteiger partial charge in [0, 0.05) is 12.6 Å². The van der Waals surface area contributed by atoms with E-state index in [1.807, 2.05) is 20.8 Å². The molecule has 0 amide bonds. The molecule has 0 atom stereocenters. The van der Waals surface area contributed by atoms with Crippen LogP contribution in [0.25, 0.3) is 0 Å². The molecule has 1 aromatic rings. The highest BCUT2D eigenvalue weighted by Crippen LogP contribution is 2.15. The summed E-state index contributed by atoms with van der Waals surface area (Å²) in [5, 5.41) is 10.6. The number of rotatable bonds is 3. The van der Waals surface area contributed by atoms with Gasteiger partial charge in [0.2, 0.25) is 0 Å². The fraction of sp³-hybridized carbons (Fsp3) is 0.583. The van der Waals surface area contributed by atoms with Crippen LogP contribution in [-0.4, -0.2) is 33.0 Å². The minimum atomic E-state index is -0.420. The van der Waals surface area contributed by atoms with Crippen molar-refractivity contribution in [1.29, 1.82) is 0 Å². The Kier molecular flexibility index (Phi) is 4.88. The van der Waals surface area contributed by atoms with E-state index in [9.17, 15) is 4.79 Å². The van der Waals surface area contributed by atoms with Gasteiger partial charge in [0.05, 0.1) is 12.8 Å². The highest BCUT2D eigenvalue weighted by Gasteiger charge is 2.19. The lowest BCUT2D eigenvalue weighted by Crippen LogP contribution is -2.43. The topological polar surface area (TPSA) is 68.2 Å². The number of carbonyl (C=O) groups excluding carboxylic acids is 1. The summed E-state index contributed by atoms with van der Waals surface area (Å²) < 4.78 is 6.51. The summed E-state index contributed by atoms with van der Waals surface area (Å²) in [6.07, 6.45) is 1.46. The average molecular weight is 284 g/mol. The quantitative estimate of drug-likeness (QED) is 0.650. The van der Waals surface area contributed by atoms with Gasteiger partial charge in [-0.1, -0.05) is 0 Å². The summed E-state index contributed by atoms with van der Waals surface area (Å²) in [6, 6.07) is 0. The van der Waals surface area contributed by atoms with Crippen molar-refractivity contribution >= 4 is 29.1 Å². The SMILES string of the molecule is CCOC(=O)c1cnn(C)c1NC(=S)NC(C)(C)C. The maximum atomic E-state index is 11.8. The van der Waals surface area contributed by atoms with Crippen molar-refractivity contribution in [2.24, 2.45) is 7.05 Å². The van der Waals surface area contributed by atoms with E-state index in [-0.39, 0.29) is 5.54 Å². The Morgan fingerprint density at radius 1 is 1.53 bits per heavy atom. The van der Waals surface area contributed by atoms with Gasteiger partial charge in [-0.15, -0.1) is 0 Å². The third-order valence-corrected chi connectivity index (χ3v) is 2.36. The zero-order valence-electron chi connectivity index (χ0n) is 11.9. The molecule has 0 unspecified atom stereocenters. The Balaban J connectivity index is 2.86. The van der Waals surface area contributed by atoms with Gasteiger partial charge in [-0.3, -0.25) is 4.68 Å². The highest BCUT2D eigenvalue weighted by molar-refractivity contribution is 7.80. The predicted molar refractivity (Wildman–Crippen MR) is 78.3 cm³/mol. The second-order valence-electron chi connectivity index (χ2n) is 5.08. The van der Waals surface area contributed by atoms with Crippen LogP contribution in [0, 0.1) is 0 Å². The minimum absolute atomic E-state index is 0.160. The van der Waals surface area contributed by atoms with Gasteiger partial charge in [-0.05, 0) is 39.9 Å². The Labute approximate surface area is 118 Å². The van der Waals surface area contributed by atoms with E-state index in [0.717, 1.165) is 0 Å². The molecule has 1 rings (SSSR count). The first kappa shape index (κ1) is 15.4. The van der Waals surface area contributed by atoms with Crippen LogP contribution in [0.15, 0.2) is 6.20 Å². The van der Waals surface area contributed by atoms with Crippen LogP contribution < -0.4 is 10.6 Å². The number of ether oxygens (including phenoxy) is 1. The number of anilines is 1. The fourth-order valence-electron chi connectivity index (χ4n) is 1.42. The molecule has 106 valence electrons. The van der Waals surface area contributed by atoms with Gasteiger partial charge < -0.3 is 15.4 Å². The first-order valence-corrected chi connectivity index (χ1v) is 6.43. The molecule has 0 spiro atoms. The van der Waals surface area contributed by atoms with E-state index in [1.165, 1.54) is 6.20 Å². The van der Waals surface area contributed by atoms with Gasteiger partial charge in [0.15, 0.2) is 5.11 Å². The van der Waals surface area contributed by atoms with E-state index < -0.39 is 5.97 Å². The third kappa shape index (κ3) is 4.51. The van der Waals surface area contributed by atoms with Crippen molar-refractivity contribution in [2.75, 3.05) is 11.9 Å². The number of esters is 1. The van der Waals surface area contributed by atoms with Crippen molar-refractivity contribution in [2.45, 2.75) is 33.2 Å². The lowest BCUT2D eigenvalue weighted by Gasteiger charge is -2.23. The summed E-state index contributed by atoms with van der Waals surface area (Å²) in [4.78, 5) is 11.8. The molecule has 19 heavy (non-hydrogen) atoms. The third-order valence-electron chi connectivity index (χ3n) is 2.15. The molecular weight excluding hydrogens is 264 g/mol. The van der Waals surface area contributed by atoms with E-state index in [1.54, 1.807) is 18.7 Å². The predicted octanol–water partition coefficient (Wildman–Crippen LogP) is 1.68. The number of carbonyl (C=O) groups is 1. The maximum Gasteiger partial charge on any atom is 0.343 e. The highest BCUT2D eigenvalue weighted by atomic mass is 32.1. The summed E-state index contributed by atoms with van der Waals surface area (Å²) in [7, 11) is 1.73. The minimum Gasteiger partial charge on any atom is -0.462 e. The lowest BCUT2D eigenvalue weighted by atomic mass is 10.1. The number of nitrogens with zero attached hydrogens (tertiary/aromatic N) is 2. The van der Waals surface area contributed by atoms with Crippen LogP contribution in [0.4, 0.5) is 5.82 Å². The molecule has 1 aromatic heterocycles. The molecule has 0 aliphatic carbocycles. The van der Waals surface area contributed by atoms with Gasteiger partial charge in [-0.25, -0.2) is 4.79 Å². The molecule has 0 bridgehead atoms. The van der Waals surface area contributed by atoms with Gasteiger partial charge in [0.25, 0.3) is 0 Å². The zero-order chi connectivity index (χ0) is 14.6. The largest absolute Gasteiger partial charge is 0.462 e. The first-order chi connectivity index (χ1) is 8.74. The number of aromatic nitrogens is 2.